The first-order valence-corrected chi connectivity index (χ1v) is 10.7. The molecule has 0 aliphatic carbocycles. The average molecular weight is 381 g/mol. The van der Waals surface area contributed by atoms with Gasteiger partial charge < -0.3 is 4.90 Å². The number of aryl methyl sites for hydroxylation is 2. The molecule has 0 saturated carbocycles. The highest BCUT2D eigenvalue weighted by atomic mass is 16.2. The Kier molecular flexibility index (Phi) is 5.81. The third kappa shape index (κ3) is 4.46. The van der Waals surface area contributed by atoms with Crippen molar-refractivity contribution in [1.29, 1.82) is 0 Å². The van der Waals surface area contributed by atoms with Gasteiger partial charge in [0.25, 0.3) is 5.91 Å². The summed E-state index contributed by atoms with van der Waals surface area (Å²) in [5.74, 6) is 0.743. The van der Waals surface area contributed by atoms with Crippen LogP contribution in [-0.4, -0.2) is 51.7 Å². The van der Waals surface area contributed by atoms with Gasteiger partial charge in [0.2, 0.25) is 0 Å². The third-order valence-corrected chi connectivity index (χ3v) is 6.39. The quantitative estimate of drug-likeness (QED) is 0.798. The fourth-order valence-corrected chi connectivity index (χ4v) is 4.48. The zero-order valence-corrected chi connectivity index (χ0v) is 17.2. The molecule has 0 unspecified atom stereocenters. The van der Waals surface area contributed by atoms with Crippen LogP contribution in [0, 0.1) is 12.8 Å². The molecule has 3 heterocycles. The Balaban J connectivity index is 1.26. The van der Waals surface area contributed by atoms with Crippen LogP contribution in [0.2, 0.25) is 0 Å². The van der Waals surface area contributed by atoms with E-state index in [2.05, 4.69) is 34.3 Å². The second-order valence-corrected chi connectivity index (χ2v) is 8.53. The fourth-order valence-electron chi connectivity index (χ4n) is 4.48. The van der Waals surface area contributed by atoms with Crippen LogP contribution in [0.25, 0.3) is 0 Å². The summed E-state index contributed by atoms with van der Waals surface area (Å²) in [4.78, 5) is 17.2. The van der Waals surface area contributed by atoms with Crippen LogP contribution in [0.15, 0.2) is 30.3 Å². The maximum atomic E-state index is 12.7. The lowest BCUT2D eigenvalue weighted by molar-refractivity contribution is 0.0684. The van der Waals surface area contributed by atoms with Crippen LogP contribution in [-0.2, 0) is 20.0 Å². The molecule has 5 heteroatoms. The summed E-state index contributed by atoms with van der Waals surface area (Å²) in [6.07, 6.45) is 5.97. The van der Waals surface area contributed by atoms with Gasteiger partial charge in [-0.25, -0.2) is 0 Å². The molecule has 0 atom stereocenters. The van der Waals surface area contributed by atoms with Crippen LogP contribution >= 0.6 is 0 Å². The molecule has 2 fully saturated rings. The molecule has 150 valence electrons. The molecule has 2 saturated heterocycles. The van der Waals surface area contributed by atoms with Crippen molar-refractivity contribution in [1.82, 2.24) is 19.6 Å². The Morgan fingerprint density at radius 1 is 1.04 bits per heavy atom. The first-order chi connectivity index (χ1) is 13.6. The van der Waals surface area contributed by atoms with Gasteiger partial charge in [-0.15, -0.1) is 0 Å². The Morgan fingerprint density at radius 2 is 1.68 bits per heavy atom. The summed E-state index contributed by atoms with van der Waals surface area (Å²) in [6, 6.07) is 11.1. The van der Waals surface area contributed by atoms with Crippen LogP contribution in [0.1, 0.15) is 53.0 Å². The van der Waals surface area contributed by atoms with E-state index < -0.39 is 0 Å². The Morgan fingerprint density at radius 3 is 2.29 bits per heavy atom. The molecule has 0 spiro atoms. The minimum atomic E-state index is 0.0772. The van der Waals surface area contributed by atoms with Gasteiger partial charge in [0, 0.05) is 32.4 Å². The number of nitrogens with zero attached hydrogens (tertiary/aromatic N) is 4. The van der Waals surface area contributed by atoms with E-state index >= 15 is 0 Å². The van der Waals surface area contributed by atoms with Crippen LogP contribution < -0.4 is 0 Å². The zero-order chi connectivity index (χ0) is 19.5. The number of hydrogen-bond acceptors (Lipinski definition) is 3. The van der Waals surface area contributed by atoms with Crippen molar-refractivity contribution < 1.29 is 4.79 Å². The number of hydrogen-bond donors (Lipinski definition) is 0. The maximum Gasteiger partial charge on any atom is 0.274 e. The largest absolute Gasteiger partial charge is 0.337 e. The second kappa shape index (κ2) is 8.48. The number of amides is 1. The van der Waals surface area contributed by atoms with E-state index in [1.54, 1.807) is 4.68 Å². The van der Waals surface area contributed by atoms with Crippen LogP contribution in [0.4, 0.5) is 0 Å². The van der Waals surface area contributed by atoms with E-state index in [0.29, 0.717) is 11.6 Å². The summed E-state index contributed by atoms with van der Waals surface area (Å²) >= 11 is 0. The minimum absolute atomic E-state index is 0.0772. The molecular formula is C23H32N4O. The lowest BCUT2D eigenvalue weighted by atomic mass is 9.90. The molecule has 0 bridgehead atoms. The molecule has 0 N–H and O–H groups in total. The smallest absolute Gasteiger partial charge is 0.274 e. The molecule has 1 amide bonds. The number of carbonyl (C=O) groups excluding carboxylic acids is 1. The molecule has 5 nitrogen and oxygen atoms in total. The second-order valence-electron chi connectivity index (χ2n) is 8.53. The van der Waals surface area contributed by atoms with Crippen molar-refractivity contribution in [2.24, 2.45) is 13.0 Å². The van der Waals surface area contributed by atoms with Gasteiger partial charge in [-0.05, 0) is 75.2 Å². The standard InChI is InChI=1S/C23H32N4O/c1-18-15-22(24-25(18)2)23(28)27-13-9-20(10-14-27)16-19-5-7-21(8-6-19)17-26-11-3-4-12-26/h5-8,15,20H,3-4,9-14,16-17H2,1-2H3. The molecule has 4 rings (SSSR count). The number of carbonyl (C=O) groups is 1. The number of aromatic nitrogens is 2. The summed E-state index contributed by atoms with van der Waals surface area (Å²) < 4.78 is 1.77. The summed E-state index contributed by atoms with van der Waals surface area (Å²) in [7, 11) is 1.88. The SMILES string of the molecule is Cc1cc(C(=O)N2CCC(Cc3ccc(CN4CCCC4)cc3)CC2)nn1C. The van der Waals surface area contributed by atoms with Crippen LogP contribution in [0.3, 0.4) is 0 Å². The van der Waals surface area contributed by atoms with Gasteiger partial charge in [-0.3, -0.25) is 14.4 Å². The van der Waals surface area contributed by atoms with Gasteiger partial charge in [0.15, 0.2) is 5.69 Å². The monoisotopic (exact) mass is 380 g/mol. The topological polar surface area (TPSA) is 41.4 Å². The molecule has 28 heavy (non-hydrogen) atoms. The number of benzene rings is 1. The van der Waals surface area contributed by atoms with Crippen LogP contribution in [0.5, 0.6) is 0 Å². The summed E-state index contributed by atoms with van der Waals surface area (Å²) in [6.45, 7) is 7.24. The predicted molar refractivity (Wildman–Crippen MR) is 111 cm³/mol. The van der Waals surface area contributed by atoms with E-state index in [4.69, 9.17) is 0 Å². The zero-order valence-electron chi connectivity index (χ0n) is 17.2. The first-order valence-electron chi connectivity index (χ1n) is 10.7. The minimum Gasteiger partial charge on any atom is -0.337 e. The van der Waals surface area contributed by atoms with E-state index in [1.807, 2.05) is 24.9 Å². The van der Waals surface area contributed by atoms with E-state index in [-0.39, 0.29) is 5.91 Å². The average Bonchev–Trinajstić information content (AvgIpc) is 3.33. The number of rotatable bonds is 5. The van der Waals surface area contributed by atoms with E-state index in [1.165, 1.54) is 37.1 Å². The highest BCUT2D eigenvalue weighted by molar-refractivity contribution is 5.92. The highest BCUT2D eigenvalue weighted by Crippen LogP contribution is 2.23. The van der Waals surface area contributed by atoms with E-state index in [9.17, 15) is 4.79 Å². The van der Waals surface area contributed by atoms with Gasteiger partial charge in [0.1, 0.15) is 0 Å². The molecule has 2 aliphatic heterocycles. The summed E-state index contributed by atoms with van der Waals surface area (Å²) in [5.41, 5.74) is 4.45. The van der Waals surface area contributed by atoms with Crippen molar-refractivity contribution in [3.05, 3.63) is 52.8 Å². The lowest BCUT2D eigenvalue weighted by Crippen LogP contribution is -2.39. The first kappa shape index (κ1) is 19.2. The molecule has 2 aliphatic rings. The lowest BCUT2D eigenvalue weighted by Gasteiger charge is -2.31. The Hall–Kier alpha value is -2.14. The molecule has 1 aromatic carbocycles. The fraction of sp³-hybridized carbons (Fsp3) is 0.565. The van der Waals surface area contributed by atoms with Gasteiger partial charge >= 0.3 is 0 Å². The molecule has 2 aromatic rings. The maximum absolute atomic E-state index is 12.7. The van der Waals surface area contributed by atoms with Crippen molar-refractivity contribution in [2.45, 2.75) is 45.6 Å². The number of piperidine rings is 1. The van der Waals surface area contributed by atoms with Gasteiger partial charge in [-0.1, -0.05) is 24.3 Å². The van der Waals surface area contributed by atoms with Crippen molar-refractivity contribution in [2.75, 3.05) is 26.2 Å². The van der Waals surface area contributed by atoms with Crippen molar-refractivity contribution in [3.63, 3.8) is 0 Å². The predicted octanol–water partition coefficient (Wildman–Crippen LogP) is 3.42. The third-order valence-electron chi connectivity index (χ3n) is 6.39. The summed E-state index contributed by atoms with van der Waals surface area (Å²) in [5, 5.41) is 4.34. The number of likely N-dealkylation sites (tertiary alicyclic amines) is 2. The highest BCUT2D eigenvalue weighted by Gasteiger charge is 2.25. The van der Waals surface area contributed by atoms with E-state index in [0.717, 1.165) is 44.6 Å². The Labute approximate surface area is 168 Å². The molecule has 0 radical (unpaired) electrons. The van der Waals surface area contributed by atoms with Gasteiger partial charge in [0.05, 0.1) is 0 Å². The molecular weight excluding hydrogens is 348 g/mol. The van der Waals surface area contributed by atoms with Crippen molar-refractivity contribution in [3.8, 4) is 0 Å². The normalized spacial score (nSPS) is 18.7. The van der Waals surface area contributed by atoms with Gasteiger partial charge in [-0.2, -0.15) is 5.10 Å². The molecule has 1 aromatic heterocycles. The van der Waals surface area contributed by atoms with Crippen molar-refractivity contribution >= 4 is 5.91 Å². The Bertz CT molecular complexity index is 777.